The Bertz CT molecular complexity index is 440. The zero-order chi connectivity index (χ0) is 13.7. The Morgan fingerprint density at radius 1 is 1.37 bits per heavy atom. The van der Waals surface area contributed by atoms with E-state index in [0.717, 1.165) is 10.9 Å². The van der Waals surface area contributed by atoms with Crippen molar-refractivity contribution in [1.82, 2.24) is 0 Å². The molecule has 0 aliphatic heterocycles. The molecule has 1 radical (unpaired) electrons. The largest absolute Gasteiger partial charge is 0.496 e. The van der Waals surface area contributed by atoms with Crippen LogP contribution in [0.5, 0.6) is 11.5 Å². The van der Waals surface area contributed by atoms with Gasteiger partial charge < -0.3 is 9.47 Å². The molecule has 6 heteroatoms. The quantitative estimate of drug-likeness (QED) is 0.585. The number of carbonyl (C=O) groups excluding carboxylic acids is 1. The van der Waals surface area contributed by atoms with Crippen LogP contribution in [0.3, 0.4) is 0 Å². The Balaban J connectivity index is 0.00000324. The van der Waals surface area contributed by atoms with Crippen LogP contribution in [0.1, 0.15) is 30.6 Å². The first kappa shape index (κ1) is 19.0. The van der Waals surface area contributed by atoms with Crippen molar-refractivity contribution in [2.45, 2.75) is 25.9 Å². The van der Waals surface area contributed by atoms with Gasteiger partial charge in [-0.1, -0.05) is 13.8 Å². The molecule has 1 aromatic carbocycles. The van der Waals surface area contributed by atoms with Crippen molar-refractivity contribution in [2.24, 2.45) is 0 Å². The van der Waals surface area contributed by atoms with Gasteiger partial charge in [-0.3, -0.25) is 4.79 Å². The molecule has 0 aliphatic carbocycles. The molecule has 0 amide bonds. The van der Waals surface area contributed by atoms with E-state index in [0.29, 0.717) is 22.7 Å². The van der Waals surface area contributed by atoms with Crippen molar-refractivity contribution in [2.75, 3.05) is 14.2 Å². The minimum absolute atomic E-state index is 0. The van der Waals surface area contributed by atoms with Crippen LogP contribution in [-0.4, -0.2) is 44.3 Å². The summed E-state index contributed by atoms with van der Waals surface area (Å²) in [5.74, 6) is 1.12. The fourth-order valence-corrected chi connectivity index (χ4v) is 3.05. The number of benzene rings is 1. The number of hydrogen-bond donors (Lipinski definition) is 0. The predicted molar refractivity (Wildman–Crippen MR) is 85.4 cm³/mol. The first-order chi connectivity index (χ1) is 8.54. The third-order valence-electron chi connectivity index (χ3n) is 2.71. The molecule has 0 aromatic heterocycles. The maximum absolute atomic E-state index is 12.4. The normalized spacial score (nSPS) is 12.1. The summed E-state index contributed by atoms with van der Waals surface area (Å²) in [4.78, 5) is 12.4. The molecule has 0 heterocycles. The summed E-state index contributed by atoms with van der Waals surface area (Å²) in [5.41, 5.74) is 0.998. The summed E-state index contributed by atoms with van der Waals surface area (Å²) in [6, 6.07) is 3.60. The van der Waals surface area contributed by atoms with Crippen LogP contribution in [0.2, 0.25) is 0 Å². The molecule has 101 valence electrons. The minimum Gasteiger partial charge on any atom is -0.496 e. The molecule has 2 atom stereocenters. The molecule has 1 aromatic rings. The van der Waals surface area contributed by atoms with Crippen LogP contribution >= 0.6 is 24.5 Å². The Morgan fingerprint density at radius 3 is 2.47 bits per heavy atom. The number of methoxy groups -OCH3 is 2. The van der Waals surface area contributed by atoms with Gasteiger partial charge in [0.2, 0.25) is 0 Å². The monoisotopic (exact) mass is 339 g/mol. The molecular weight excluding hydrogens is 322 g/mol. The summed E-state index contributed by atoms with van der Waals surface area (Å²) in [7, 11) is 3.35. The van der Waals surface area contributed by atoms with Crippen molar-refractivity contribution in [3.8, 4) is 11.5 Å². The maximum atomic E-state index is 12.4. The third-order valence-corrected chi connectivity index (χ3v) is 4.75. The van der Waals surface area contributed by atoms with Gasteiger partial charge in [0.1, 0.15) is 17.1 Å². The van der Waals surface area contributed by atoms with E-state index in [4.69, 9.17) is 9.47 Å². The fraction of sp³-hybridized carbons (Fsp3) is 0.462. The Hall–Kier alpha value is -0.00260. The van der Waals surface area contributed by atoms with Gasteiger partial charge >= 0.3 is 0 Å². The van der Waals surface area contributed by atoms with Crippen molar-refractivity contribution in [1.29, 1.82) is 0 Å². The number of rotatable bonds is 6. The van der Waals surface area contributed by atoms with E-state index in [2.05, 4.69) is 29.8 Å². The van der Waals surface area contributed by atoms with E-state index in [1.165, 1.54) is 0 Å². The van der Waals surface area contributed by atoms with Gasteiger partial charge in [0.15, 0.2) is 5.52 Å². The molecular formula is C13H18BrLiO3P. The van der Waals surface area contributed by atoms with E-state index in [-0.39, 0.29) is 33.0 Å². The fourth-order valence-electron chi connectivity index (χ4n) is 1.52. The molecule has 0 aliphatic rings. The second-order valence-electron chi connectivity index (χ2n) is 3.94. The van der Waals surface area contributed by atoms with E-state index < -0.39 is 0 Å². The van der Waals surface area contributed by atoms with Gasteiger partial charge in [0.25, 0.3) is 0 Å². The topological polar surface area (TPSA) is 35.5 Å². The Morgan fingerprint density at radius 2 is 2.00 bits per heavy atom. The standard InChI is InChI=1S/C13H18BrO3P.Li/c1-5-8(2)18-13(15)11-10(16-3)7-6-9(14)12(11)17-4;/h6-8,18H,5H2,1-4H3;. The Labute approximate surface area is 136 Å². The zero-order valence-corrected chi connectivity index (χ0v) is 14.6. The number of carbonyl (C=O) groups is 1. The smallest absolute Gasteiger partial charge is 0.188 e. The molecule has 0 saturated heterocycles. The van der Waals surface area contributed by atoms with Gasteiger partial charge in [-0.05, 0) is 48.7 Å². The molecule has 0 saturated carbocycles. The molecule has 0 spiro atoms. The molecule has 0 fully saturated rings. The summed E-state index contributed by atoms with van der Waals surface area (Å²) in [6.07, 6.45) is 0.989. The predicted octanol–water partition coefficient (Wildman–Crippen LogP) is 3.70. The number of ether oxygens (including phenoxy) is 2. The van der Waals surface area contributed by atoms with Crippen LogP contribution in [0.25, 0.3) is 0 Å². The number of halogens is 1. The van der Waals surface area contributed by atoms with Gasteiger partial charge in [-0.2, -0.15) is 0 Å². The van der Waals surface area contributed by atoms with Crippen LogP contribution in [-0.2, 0) is 0 Å². The molecule has 2 unspecified atom stereocenters. The summed E-state index contributed by atoms with van der Waals surface area (Å²) >= 11 is 3.39. The SMILES string of the molecule is CCC(C)PC(=O)c1c(OC)ccc(Br)c1OC.[Li]. The summed E-state index contributed by atoms with van der Waals surface area (Å²) in [6.45, 7) is 4.16. The number of hydrogen-bond acceptors (Lipinski definition) is 3. The molecule has 19 heavy (non-hydrogen) atoms. The van der Waals surface area contributed by atoms with Crippen LogP contribution in [0.4, 0.5) is 0 Å². The zero-order valence-electron chi connectivity index (χ0n) is 12.0. The third kappa shape index (κ3) is 4.79. The molecule has 3 nitrogen and oxygen atoms in total. The average Bonchev–Trinajstić information content (AvgIpc) is 2.37. The van der Waals surface area contributed by atoms with Gasteiger partial charge in [0, 0.05) is 18.9 Å². The van der Waals surface area contributed by atoms with Crippen molar-refractivity contribution >= 4 is 48.9 Å². The van der Waals surface area contributed by atoms with Crippen molar-refractivity contribution in [3.05, 3.63) is 22.2 Å². The summed E-state index contributed by atoms with van der Waals surface area (Å²) in [5, 5.41) is 0. The summed E-state index contributed by atoms with van der Waals surface area (Å²) < 4.78 is 11.3. The van der Waals surface area contributed by atoms with E-state index in [1.807, 2.05) is 6.07 Å². The second kappa shape index (κ2) is 9.03. The van der Waals surface area contributed by atoms with Crippen LogP contribution in [0, 0.1) is 0 Å². The average molecular weight is 340 g/mol. The van der Waals surface area contributed by atoms with Gasteiger partial charge in [-0.25, -0.2) is 0 Å². The maximum Gasteiger partial charge on any atom is 0.188 e. The van der Waals surface area contributed by atoms with Gasteiger partial charge in [0.05, 0.1) is 18.7 Å². The molecule has 0 bridgehead atoms. The molecule has 1 rings (SSSR count). The molecule has 0 N–H and O–H groups in total. The van der Waals surface area contributed by atoms with Crippen molar-refractivity contribution in [3.63, 3.8) is 0 Å². The van der Waals surface area contributed by atoms with Crippen LogP contribution in [0.15, 0.2) is 16.6 Å². The first-order valence-electron chi connectivity index (χ1n) is 5.76. The van der Waals surface area contributed by atoms with Crippen LogP contribution < -0.4 is 9.47 Å². The first-order valence-corrected chi connectivity index (χ1v) is 7.63. The van der Waals surface area contributed by atoms with E-state index >= 15 is 0 Å². The van der Waals surface area contributed by atoms with E-state index in [9.17, 15) is 4.79 Å². The van der Waals surface area contributed by atoms with Gasteiger partial charge in [-0.15, -0.1) is 0 Å². The van der Waals surface area contributed by atoms with E-state index in [1.54, 1.807) is 20.3 Å². The Kier molecular flexibility index (Phi) is 9.03. The van der Waals surface area contributed by atoms with Crippen molar-refractivity contribution < 1.29 is 14.3 Å². The minimum atomic E-state index is 0. The second-order valence-corrected chi connectivity index (χ2v) is 6.52.